The third-order valence-corrected chi connectivity index (χ3v) is 4.30. The summed E-state index contributed by atoms with van der Waals surface area (Å²) in [4.78, 5) is 0. The highest BCUT2D eigenvalue weighted by atomic mass is 16.3. The van der Waals surface area contributed by atoms with Crippen molar-refractivity contribution in [3.05, 3.63) is 61.1 Å². The molecule has 0 bridgehead atoms. The first-order valence-electron chi connectivity index (χ1n) is 9.39. The third-order valence-electron chi connectivity index (χ3n) is 4.30. The minimum absolute atomic E-state index is 0.145. The van der Waals surface area contributed by atoms with Crippen LogP contribution < -0.4 is 0 Å². The maximum absolute atomic E-state index is 9.33. The van der Waals surface area contributed by atoms with E-state index in [1.807, 2.05) is 0 Å². The molecule has 0 unspecified atom stereocenters. The Bertz CT molecular complexity index is 399. The van der Waals surface area contributed by atoms with Gasteiger partial charge < -0.3 is 10.2 Å². The molecule has 0 aliphatic heterocycles. The highest BCUT2D eigenvalue weighted by molar-refractivity contribution is 5.45. The first-order valence-corrected chi connectivity index (χ1v) is 9.39. The Kier molecular flexibility index (Phi) is 11.9. The fourth-order valence-corrected chi connectivity index (χ4v) is 2.94. The van der Waals surface area contributed by atoms with Gasteiger partial charge in [0.25, 0.3) is 0 Å². The first kappa shape index (κ1) is 21.2. The quantitative estimate of drug-likeness (QED) is 0.487. The highest BCUT2D eigenvalue weighted by Crippen LogP contribution is 2.25. The number of hydrogen-bond acceptors (Lipinski definition) is 2. The van der Waals surface area contributed by atoms with Crippen molar-refractivity contribution >= 4 is 0 Å². The number of aliphatic hydroxyl groups excluding tert-OH is 2. The summed E-state index contributed by atoms with van der Waals surface area (Å²) >= 11 is 0. The van der Waals surface area contributed by atoms with Gasteiger partial charge in [0.15, 0.2) is 0 Å². The molecule has 2 heteroatoms. The van der Waals surface area contributed by atoms with Gasteiger partial charge in [-0.1, -0.05) is 64.5 Å². The fraction of sp³-hybridized carbons (Fsp3) is 0.545. The molecule has 1 rings (SSSR count). The monoisotopic (exact) mass is 330 g/mol. The third kappa shape index (κ3) is 7.81. The van der Waals surface area contributed by atoms with Crippen LogP contribution in [-0.4, -0.2) is 23.4 Å². The van der Waals surface area contributed by atoms with E-state index < -0.39 is 0 Å². The van der Waals surface area contributed by atoms with Crippen molar-refractivity contribution in [3.63, 3.8) is 0 Å². The average molecular weight is 331 g/mol. The van der Waals surface area contributed by atoms with Crippen LogP contribution in [0.3, 0.4) is 0 Å². The molecule has 0 atom stereocenters. The van der Waals surface area contributed by atoms with Crippen molar-refractivity contribution in [2.24, 2.45) is 0 Å². The SMILES string of the molecule is [CH2]CCCC[CH]c1cc(CCO)c(CCO)cc1[CH]CCCC[CH2]. The Morgan fingerprint density at radius 2 is 1.12 bits per heavy atom. The Balaban J connectivity index is 2.88. The van der Waals surface area contributed by atoms with E-state index in [1.165, 1.54) is 11.1 Å². The Labute approximate surface area is 149 Å². The summed E-state index contributed by atoms with van der Waals surface area (Å²) in [6.07, 6.45) is 14.7. The van der Waals surface area contributed by atoms with E-state index in [0.717, 1.165) is 62.5 Å². The van der Waals surface area contributed by atoms with E-state index in [-0.39, 0.29) is 13.2 Å². The number of rotatable bonds is 14. The molecule has 0 aromatic heterocycles. The number of aliphatic hydroxyl groups is 2. The molecule has 2 N–H and O–H groups in total. The van der Waals surface area contributed by atoms with Crippen LogP contribution in [-0.2, 0) is 12.8 Å². The van der Waals surface area contributed by atoms with Gasteiger partial charge in [-0.15, -0.1) is 0 Å². The van der Waals surface area contributed by atoms with Crippen LogP contribution in [0.25, 0.3) is 0 Å². The minimum Gasteiger partial charge on any atom is -0.396 e. The predicted octanol–water partition coefficient (Wildman–Crippen LogP) is 4.65. The lowest BCUT2D eigenvalue weighted by Crippen LogP contribution is -2.04. The first-order chi connectivity index (χ1) is 11.8. The van der Waals surface area contributed by atoms with Crippen LogP contribution in [0, 0.1) is 26.7 Å². The molecule has 0 amide bonds. The van der Waals surface area contributed by atoms with Gasteiger partial charge in [-0.2, -0.15) is 0 Å². The van der Waals surface area contributed by atoms with Gasteiger partial charge in [0.1, 0.15) is 0 Å². The van der Waals surface area contributed by atoms with Crippen molar-refractivity contribution in [3.8, 4) is 0 Å². The molecule has 0 heterocycles. The highest BCUT2D eigenvalue weighted by Gasteiger charge is 2.10. The lowest BCUT2D eigenvalue weighted by molar-refractivity contribution is 0.293. The van der Waals surface area contributed by atoms with E-state index in [4.69, 9.17) is 0 Å². The second kappa shape index (κ2) is 13.4. The Hall–Kier alpha value is -0.860. The molecule has 0 saturated carbocycles. The molecule has 0 saturated heterocycles. The zero-order valence-electron chi connectivity index (χ0n) is 15.1. The normalized spacial score (nSPS) is 11.2. The van der Waals surface area contributed by atoms with Crippen LogP contribution >= 0.6 is 0 Å². The van der Waals surface area contributed by atoms with E-state index in [1.54, 1.807) is 0 Å². The maximum Gasteiger partial charge on any atom is 0.0471 e. The number of unbranched alkanes of at least 4 members (excludes halogenated alkanes) is 6. The Morgan fingerprint density at radius 1 is 0.708 bits per heavy atom. The van der Waals surface area contributed by atoms with Crippen LogP contribution in [0.15, 0.2) is 12.1 Å². The van der Waals surface area contributed by atoms with Crippen molar-refractivity contribution < 1.29 is 10.2 Å². The van der Waals surface area contributed by atoms with Crippen molar-refractivity contribution in [2.75, 3.05) is 13.2 Å². The summed E-state index contributed by atoms with van der Waals surface area (Å²) in [5.74, 6) is 0. The zero-order valence-corrected chi connectivity index (χ0v) is 15.1. The van der Waals surface area contributed by atoms with Gasteiger partial charge in [-0.05, 0) is 60.8 Å². The van der Waals surface area contributed by atoms with E-state index in [9.17, 15) is 10.2 Å². The van der Waals surface area contributed by atoms with Gasteiger partial charge in [0, 0.05) is 13.2 Å². The zero-order chi connectivity index (χ0) is 17.6. The van der Waals surface area contributed by atoms with Gasteiger partial charge in [0.2, 0.25) is 0 Å². The second-order valence-electron chi connectivity index (χ2n) is 6.30. The molecule has 0 fully saturated rings. The lowest BCUT2D eigenvalue weighted by atomic mass is 9.90. The fourth-order valence-electron chi connectivity index (χ4n) is 2.94. The average Bonchev–Trinajstić information content (AvgIpc) is 2.58. The molecule has 0 aliphatic carbocycles. The molecule has 1 aromatic carbocycles. The van der Waals surface area contributed by atoms with E-state index >= 15 is 0 Å². The summed E-state index contributed by atoms with van der Waals surface area (Å²) in [7, 11) is 0. The van der Waals surface area contributed by atoms with Crippen LogP contribution in [0.5, 0.6) is 0 Å². The number of hydrogen-bond donors (Lipinski definition) is 2. The predicted molar refractivity (Wildman–Crippen MR) is 102 cm³/mol. The van der Waals surface area contributed by atoms with Gasteiger partial charge in [-0.3, -0.25) is 0 Å². The molecular weight excluding hydrogens is 296 g/mol. The summed E-state index contributed by atoms with van der Waals surface area (Å²) < 4.78 is 0. The smallest absolute Gasteiger partial charge is 0.0471 e. The van der Waals surface area contributed by atoms with Crippen molar-refractivity contribution in [2.45, 2.75) is 64.2 Å². The molecule has 24 heavy (non-hydrogen) atoms. The van der Waals surface area contributed by atoms with Crippen LogP contribution in [0.4, 0.5) is 0 Å². The summed E-state index contributed by atoms with van der Waals surface area (Å²) in [5.41, 5.74) is 4.84. The van der Waals surface area contributed by atoms with Crippen molar-refractivity contribution in [1.29, 1.82) is 0 Å². The summed E-state index contributed by atoms with van der Waals surface area (Å²) in [6, 6.07) is 4.41. The molecular formula is C22H34O2. The Morgan fingerprint density at radius 3 is 1.46 bits per heavy atom. The van der Waals surface area contributed by atoms with E-state index in [2.05, 4.69) is 38.8 Å². The summed E-state index contributed by atoms with van der Waals surface area (Å²) in [6.45, 7) is 8.09. The molecule has 4 radical (unpaired) electrons. The van der Waals surface area contributed by atoms with Crippen LogP contribution in [0.1, 0.15) is 73.6 Å². The molecule has 2 nitrogen and oxygen atoms in total. The topological polar surface area (TPSA) is 40.5 Å². The minimum atomic E-state index is 0.145. The maximum atomic E-state index is 9.33. The van der Waals surface area contributed by atoms with Gasteiger partial charge >= 0.3 is 0 Å². The lowest BCUT2D eigenvalue weighted by Gasteiger charge is -2.16. The van der Waals surface area contributed by atoms with Gasteiger partial charge in [-0.25, -0.2) is 0 Å². The van der Waals surface area contributed by atoms with E-state index in [0.29, 0.717) is 12.8 Å². The number of benzene rings is 1. The van der Waals surface area contributed by atoms with Crippen molar-refractivity contribution in [1.82, 2.24) is 0 Å². The molecule has 0 spiro atoms. The molecule has 1 aromatic rings. The molecule has 134 valence electrons. The molecule has 0 aliphatic rings. The summed E-state index contributed by atoms with van der Waals surface area (Å²) in [5, 5.41) is 18.7. The van der Waals surface area contributed by atoms with Gasteiger partial charge in [0.05, 0.1) is 0 Å². The second-order valence-corrected chi connectivity index (χ2v) is 6.30. The standard InChI is InChI=1S/C22H34O2/c1-3-5-7-9-11-19-17-21(13-15-23)22(14-16-24)18-20(19)12-10-8-6-4-2/h11-12,17-18,23-24H,1-10,13-16H2. The largest absolute Gasteiger partial charge is 0.396 e. The van der Waals surface area contributed by atoms with Crippen LogP contribution in [0.2, 0.25) is 0 Å².